The van der Waals surface area contributed by atoms with E-state index in [0.29, 0.717) is 19.3 Å². The van der Waals surface area contributed by atoms with Crippen molar-refractivity contribution in [2.75, 3.05) is 33.5 Å². The van der Waals surface area contributed by atoms with Gasteiger partial charge in [-0.05, 0) is 19.4 Å². The third-order valence-corrected chi connectivity index (χ3v) is 3.89. The van der Waals surface area contributed by atoms with E-state index in [-0.39, 0.29) is 12.2 Å². The molecular formula is C16H33NO3. The second-order valence-corrected chi connectivity index (χ2v) is 5.55. The zero-order valence-corrected chi connectivity index (χ0v) is 13.5. The van der Waals surface area contributed by atoms with Gasteiger partial charge in [0.05, 0.1) is 25.4 Å². The van der Waals surface area contributed by atoms with Crippen LogP contribution in [0.2, 0.25) is 0 Å². The Balaban J connectivity index is 2.12. The van der Waals surface area contributed by atoms with Gasteiger partial charge in [0.15, 0.2) is 0 Å². The van der Waals surface area contributed by atoms with Crippen LogP contribution in [0.1, 0.15) is 52.4 Å². The van der Waals surface area contributed by atoms with E-state index in [4.69, 9.17) is 14.2 Å². The predicted molar refractivity (Wildman–Crippen MR) is 82.2 cm³/mol. The van der Waals surface area contributed by atoms with Crippen molar-refractivity contribution in [1.29, 1.82) is 0 Å². The van der Waals surface area contributed by atoms with Crippen LogP contribution in [0.15, 0.2) is 0 Å². The SMILES string of the molecule is CCCCCCCOC1CC(NCC)C1OCCOC. The summed E-state index contributed by atoms with van der Waals surface area (Å²) in [5.41, 5.74) is 0. The molecule has 0 aromatic carbocycles. The summed E-state index contributed by atoms with van der Waals surface area (Å²) in [4.78, 5) is 0. The zero-order valence-electron chi connectivity index (χ0n) is 13.5. The minimum absolute atomic E-state index is 0.195. The summed E-state index contributed by atoms with van der Waals surface area (Å²) < 4.78 is 16.9. The molecule has 1 fully saturated rings. The monoisotopic (exact) mass is 287 g/mol. The Bertz CT molecular complexity index is 226. The molecule has 4 heteroatoms. The molecule has 0 heterocycles. The molecule has 0 spiro atoms. The van der Waals surface area contributed by atoms with E-state index in [1.165, 1.54) is 32.1 Å². The van der Waals surface area contributed by atoms with Gasteiger partial charge in [-0.2, -0.15) is 0 Å². The van der Waals surface area contributed by atoms with Crippen molar-refractivity contribution in [3.63, 3.8) is 0 Å². The second-order valence-electron chi connectivity index (χ2n) is 5.55. The molecule has 120 valence electrons. The molecule has 0 saturated heterocycles. The molecular weight excluding hydrogens is 254 g/mol. The zero-order chi connectivity index (χ0) is 14.6. The molecule has 1 saturated carbocycles. The van der Waals surface area contributed by atoms with E-state index < -0.39 is 0 Å². The largest absolute Gasteiger partial charge is 0.382 e. The van der Waals surface area contributed by atoms with E-state index in [2.05, 4.69) is 19.2 Å². The van der Waals surface area contributed by atoms with Crippen molar-refractivity contribution in [2.45, 2.75) is 70.6 Å². The van der Waals surface area contributed by atoms with Crippen LogP contribution in [0.5, 0.6) is 0 Å². The van der Waals surface area contributed by atoms with Gasteiger partial charge in [0.25, 0.3) is 0 Å². The van der Waals surface area contributed by atoms with Gasteiger partial charge in [-0.1, -0.05) is 39.5 Å². The van der Waals surface area contributed by atoms with Crippen molar-refractivity contribution in [2.24, 2.45) is 0 Å². The van der Waals surface area contributed by atoms with Gasteiger partial charge in [-0.25, -0.2) is 0 Å². The molecule has 1 rings (SSSR count). The van der Waals surface area contributed by atoms with Crippen molar-refractivity contribution in [1.82, 2.24) is 5.32 Å². The Kier molecular flexibility index (Phi) is 10.3. The number of nitrogens with one attached hydrogen (secondary N) is 1. The molecule has 3 unspecified atom stereocenters. The summed E-state index contributed by atoms with van der Waals surface area (Å²) >= 11 is 0. The van der Waals surface area contributed by atoms with Crippen LogP contribution in [0.3, 0.4) is 0 Å². The highest BCUT2D eigenvalue weighted by atomic mass is 16.6. The molecule has 0 bridgehead atoms. The maximum atomic E-state index is 5.97. The fourth-order valence-electron chi connectivity index (χ4n) is 2.64. The quantitative estimate of drug-likeness (QED) is 0.529. The van der Waals surface area contributed by atoms with Gasteiger partial charge in [0, 0.05) is 19.8 Å². The average molecular weight is 287 g/mol. The Hall–Kier alpha value is -0.160. The molecule has 4 nitrogen and oxygen atoms in total. The lowest BCUT2D eigenvalue weighted by Crippen LogP contribution is -2.60. The Labute approximate surface area is 124 Å². The minimum atomic E-state index is 0.195. The maximum absolute atomic E-state index is 5.97. The van der Waals surface area contributed by atoms with Gasteiger partial charge in [-0.3, -0.25) is 0 Å². The highest BCUT2D eigenvalue weighted by Crippen LogP contribution is 2.27. The van der Waals surface area contributed by atoms with E-state index in [9.17, 15) is 0 Å². The maximum Gasteiger partial charge on any atom is 0.0991 e. The van der Waals surface area contributed by atoms with Crippen molar-refractivity contribution in [3.8, 4) is 0 Å². The smallest absolute Gasteiger partial charge is 0.0991 e. The number of hydrogen-bond donors (Lipinski definition) is 1. The summed E-state index contributed by atoms with van der Waals surface area (Å²) in [6.45, 7) is 7.54. The normalized spacial score (nSPS) is 25.6. The molecule has 20 heavy (non-hydrogen) atoms. The third kappa shape index (κ3) is 6.53. The Morgan fingerprint density at radius 3 is 2.45 bits per heavy atom. The molecule has 0 amide bonds. The van der Waals surface area contributed by atoms with Gasteiger partial charge >= 0.3 is 0 Å². The predicted octanol–water partition coefficient (Wildman–Crippen LogP) is 2.76. The van der Waals surface area contributed by atoms with Crippen molar-refractivity contribution in [3.05, 3.63) is 0 Å². The first-order valence-electron chi connectivity index (χ1n) is 8.29. The summed E-state index contributed by atoms with van der Waals surface area (Å²) in [7, 11) is 1.70. The molecule has 0 aromatic heterocycles. The number of methoxy groups -OCH3 is 1. The van der Waals surface area contributed by atoms with Crippen molar-refractivity contribution < 1.29 is 14.2 Å². The standard InChI is InChI=1S/C16H33NO3/c1-4-6-7-8-9-10-19-15-13-14(17-5-2)16(15)20-12-11-18-3/h14-17H,4-13H2,1-3H3. The average Bonchev–Trinajstić information content (AvgIpc) is 2.45. The molecule has 1 N–H and O–H groups in total. The van der Waals surface area contributed by atoms with Crippen molar-refractivity contribution >= 4 is 0 Å². The van der Waals surface area contributed by atoms with E-state index >= 15 is 0 Å². The molecule has 3 atom stereocenters. The topological polar surface area (TPSA) is 39.7 Å². The fourth-order valence-corrected chi connectivity index (χ4v) is 2.64. The lowest BCUT2D eigenvalue weighted by Gasteiger charge is -2.44. The molecule has 0 aromatic rings. The lowest BCUT2D eigenvalue weighted by atomic mass is 9.85. The van der Waals surface area contributed by atoms with E-state index in [0.717, 1.165) is 19.6 Å². The summed E-state index contributed by atoms with van der Waals surface area (Å²) in [6, 6.07) is 0.446. The van der Waals surface area contributed by atoms with Gasteiger partial charge < -0.3 is 19.5 Å². The van der Waals surface area contributed by atoms with Crippen LogP contribution >= 0.6 is 0 Å². The summed E-state index contributed by atoms with van der Waals surface area (Å²) in [5.74, 6) is 0. The third-order valence-electron chi connectivity index (χ3n) is 3.89. The molecule has 1 aliphatic carbocycles. The van der Waals surface area contributed by atoms with Crippen LogP contribution in [-0.4, -0.2) is 51.7 Å². The lowest BCUT2D eigenvalue weighted by molar-refractivity contribution is -0.152. The first kappa shape index (κ1) is 17.9. The first-order valence-corrected chi connectivity index (χ1v) is 8.29. The van der Waals surface area contributed by atoms with Gasteiger partial charge in [0.1, 0.15) is 0 Å². The molecule has 1 aliphatic rings. The van der Waals surface area contributed by atoms with Gasteiger partial charge in [0.2, 0.25) is 0 Å². The summed E-state index contributed by atoms with van der Waals surface area (Å²) in [5, 5.41) is 3.46. The van der Waals surface area contributed by atoms with Gasteiger partial charge in [-0.15, -0.1) is 0 Å². The highest BCUT2D eigenvalue weighted by Gasteiger charge is 2.42. The number of unbranched alkanes of at least 4 members (excludes halogenated alkanes) is 4. The molecule has 0 radical (unpaired) electrons. The molecule has 0 aliphatic heterocycles. The van der Waals surface area contributed by atoms with Crippen LogP contribution in [-0.2, 0) is 14.2 Å². The van der Waals surface area contributed by atoms with E-state index in [1.807, 2.05) is 0 Å². The van der Waals surface area contributed by atoms with Crippen LogP contribution < -0.4 is 5.32 Å². The number of ether oxygens (including phenoxy) is 3. The number of rotatable bonds is 13. The second kappa shape index (κ2) is 11.5. The Morgan fingerprint density at radius 2 is 1.75 bits per heavy atom. The van der Waals surface area contributed by atoms with Crippen LogP contribution in [0.4, 0.5) is 0 Å². The minimum Gasteiger partial charge on any atom is -0.382 e. The number of likely N-dealkylation sites (N-methyl/N-ethyl adjacent to an activating group) is 1. The summed E-state index contributed by atoms with van der Waals surface area (Å²) in [6.07, 6.45) is 7.96. The Morgan fingerprint density at radius 1 is 0.950 bits per heavy atom. The fraction of sp³-hybridized carbons (Fsp3) is 1.00. The highest BCUT2D eigenvalue weighted by molar-refractivity contribution is 4.97. The number of hydrogen-bond acceptors (Lipinski definition) is 4. The van der Waals surface area contributed by atoms with E-state index in [1.54, 1.807) is 7.11 Å². The van der Waals surface area contributed by atoms with Crippen LogP contribution in [0.25, 0.3) is 0 Å². The first-order chi connectivity index (χ1) is 9.83. The van der Waals surface area contributed by atoms with Crippen LogP contribution in [0, 0.1) is 0 Å².